The zero-order chi connectivity index (χ0) is 12.0. The van der Waals surface area contributed by atoms with Crippen molar-refractivity contribution in [3.05, 3.63) is 52.0 Å². The molecular formula is C14H9BrO2. The van der Waals surface area contributed by atoms with Gasteiger partial charge in [-0.3, -0.25) is 4.79 Å². The van der Waals surface area contributed by atoms with Crippen molar-refractivity contribution in [2.24, 2.45) is 0 Å². The second-order valence-electron chi connectivity index (χ2n) is 3.90. The summed E-state index contributed by atoms with van der Waals surface area (Å²) in [6.45, 7) is 0. The molecule has 0 N–H and O–H groups in total. The lowest BCUT2D eigenvalue weighted by Crippen LogP contribution is -1.96. The Morgan fingerprint density at radius 3 is 2.65 bits per heavy atom. The van der Waals surface area contributed by atoms with Crippen molar-refractivity contribution in [2.75, 3.05) is 7.11 Å². The molecule has 1 aliphatic carbocycles. The molecule has 1 aliphatic rings. The fraction of sp³-hybridized carbons (Fsp3) is 0.0714. The summed E-state index contributed by atoms with van der Waals surface area (Å²) >= 11 is 3.43. The first kappa shape index (κ1) is 10.5. The zero-order valence-electron chi connectivity index (χ0n) is 9.16. The first-order chi connectivity index (χ1) is 8.22. The molecule has 17 heavy (non-hydrogen) atoms. The van der Waals surface area contributed by atoms with Crippen LogP contribution in [0.15, 0.2) is 40.9 Å². The van der Waals surface area contributed by atoms with Crippen molar-refractivity contribution in [3.8, 4) is 16.9 Å². The molecule has 2 nitrogen and oxygen atoms in total. The molecule has 84 valence electrons. The summed E-state index contributed by atoms with van der Waals surface area (Å²) in [6.07, 6.45) is 0. The number of carbonyl (C=O) groups is 1. The highest BCUT2D eigenvalue weighted by atomic mass is 79.9. The molecule has 3 rings (SSSR count). The van der Waals surface area contributed by atoms with Crippen LogP contribution in [-0.4, -0.2) is 12.9 Å². The van der Waals surface area contributed by atoms with Crippen LogP contribution < -0.4 is 4.74 Å². The van der Waals surface area contributed by atoms with Gasteiger partial charge in [-0.2, -0.15) is 0 Å². The molecule has 0 aromatic heterocycles. The van der Waals surface area contributed by atoms with Gasteiger partial charge in [-0.05, 0) is 35.4 Å². The lowest BCUT2D eigenvalue weighted by molar-refractivity contribution is 0.104. The molecule has 0 heterocycles. The number of ether oxygens (including phenoxy) is 1. The van der Waals surface area contributed by atoms with Gasteiger partial charge in [0.2, 0.25) is 0 Å². The van der Waals surface area contributed by atoms with Crippen molar-refractivity contribution in [1.29, 1.82) is 0 Å². The van der Waals surface area contributed by atoms with E-state index in [2.05, 4.69) is 15.9 Å². The van der Waals surface area contributed by atoms with Gasteiger partial charge < -0.3 is 4.74 Å². The fourth-order valence-corrected chi connectivity index (χ4v) is 2.73. The van der Waals surface area contributed by atoms with E-state index < -0.39 is 0 Å². The van der Waals surface area contributed by atoms with Gasteiger partial charge in [0, 0.05) is 15.6 Å². The summed E-state index contributed by atoms with van der Waals surface area (Å²) in [5.41, 5.74) is 3.43. The minimum atomic E-state index is 0.0568. The maximum Gasteiger partial charge on any atom is 0.195 e. The van der Waals surface area contributed by atoms with Crippen LogP contribution in [0.25, 0.3) is 11.1 Å². The second kappa shape index (κ2) is 3.70. The topological polar surface area (TPSA) is 26.3 Å². The van der Waals surface area contributed by atoms with Crippen molar-refractivity contribution in [3.63, 3.8) is 0 Å². The van der Waals surface area contributed by atoms with Gasteiger partial charge in [0.1, 0.15) is 5.75 Å². The minimum absolute atomic E-state index is 0.0568. The van der Waals surface area contributed by atoms with E-state index in [4.69, 9.17) is 4.74 Å². The molecule has 0 fully saturated rings. The second-order valence-corrected chi connectivity index (χ2v) is 4.76. The molecule has 0 amide bonds. The van der Waals surface area contributed by atoms with E-state index in [0.717, 1.165) is 21.2 Å². The third kappa shape index (κ3) is 1.42. The highest BCUT2D eigenvalue weighted by Crippen LogP contribution is 2.41. The van der Waals surface area contributed by atoms with E-state index in [9.17, 15) is 4.79 Å². The standard InChI is InChI=1S/C14H9BrO2/c1-17-8-5-6-9-10-3-2-4-12(15)13(10)14(16)11(9)7-8/h2-7H,1H3. The third-order valence-corrected chi connectivity index (χ3v) is 3.66. The monoisotopic (exact) mass is 288 g/mol. The maximum atomic E-state index is 12.3. The number of ketones is 1. The first-order valence-electron chi connectivity index (χ1n) is 5.24. The van der Waals surface area contributed by atoms with Gasteiger partial charge in [0.25, 0.3) is 0 Å². The quantitative estimate of drug-likeness (QED) is 0.683. The van der Waals surface area contributed by atoms with Crippen LogP contribution in [0, 0.1) is 0 Å². The van der Waals surface area contributed by atoms with Gasteiger partial charge in [-0.15, -0.1) is 0 Å². The van der Waals surface area contributed by atoms with E-state index in [1.165, 1.54) is 0 Å². The molecule has 0 saturated carbocycles. The molecular weight excluding hydrogens is 280 g/mol. The smallest absolute Gasteiger partial charge is 0.195 e. The molecule has 0 unspecified atom stereocenters. The normalized spacial score (nSPS) is 12.2. The number of halogens is 1. The lowest BCUT2D eigenvalue weighted by Gasteiger charge is -2.02. The van der Waals surface area contributed by atoms with Crippen molar-refractivity contribution < 1.29 is 9.53 Å². The largest absolute Gasteiger partial charge is 0.497 e. The number of carbonyl (C=O) groups excluding carboxylic acids is 1. The highest BCUT2D eigenvalue weighted by molar-refractivity contribution is 9.10. The predicted octanol–water partition coefficient (Wildman–Crippen LogP) is 3.67. The lowest BCUT2D eigenvalue weighted by atomic mass is 10.1. The summed E-state index contributed by atoms with van der Waals surface area (Å²) in [5.74, 6) is 0.766. The summed E-state index contributed by atoms with van der Waals surface area (Å²) < 4.78 is 6.00. The Hall–Kier alpha value is -1.61. The zero-order valence-corrected chi connectivity index (χ0v) is 10.7. The number of hydrogen-bond acceptors (Lipinski definition) is 2. The molecule has 3 heteroatoms. The maximum absolute atomic E-state index is 12.3. The van der Waals surface area contributed by atoms with Crippen LogP contribution in [0.4, 0.5) is 0 Å². The molecule has 0 radical (unpaired) electrons. The number of fused-ring (bicyclic) bond motifs is 3. The molecule has 0 aliphatic heterocycles. The van der Waals surface area contributed by atoms with E-state index in [-0.39, 0.29) is 5.78 Å². The number of hydrogen-bond donors (Lipinski definition) is 0. The van der Waals surface area contributed by atoms with Crippen molar-refractivity contribution >= 4 is 21.7 Å². The Kier molecular flexibility index (Phi) is 2.30. The van der Waals surface area contributed by atoms with Crippen LogP contribution in [0.3, 0.4) is 0 Å². The third-order valence-electron chi connectivity index (χ3n) is 3.00. The Balaban J connectivity index is 2.31. The summed E-state index contributed by atoms with van der Waals surface area (Å²) in [6, 6.07) is 11.4. The SMILES string of the molecule is COc1ccc2c(c1)C(=O)c1c(Br)cccc1-2. The molecule has 0 saturated heterocycles. The van der Waals surface area contributed by atoms with Gasteiger partial charge in [0.15, 0.2) is 5.78 Å². The van der Waals surface area contributed by atoms with Crippen LogP contribution >= 0.6 is 15.9 Å². The Morgan fingerprint density at radius 2 is 1.88 bits per heavy atom. The first-order valence-corrected chi connectivity index (χ1v) is 6.03. The Bertz CT molecular complexity index is 632. The average Bonchev–Trinajstić information content (AvgIpc) is 2.64. The molecule has 2 aromatic rings. The van der Waals surface area contributed by atoms with E-state index >= 15 is 0 Å². The molecule has 0 spiro atoms. The van der Waals surface area contributed by atoms with Crippen LogP contribution in [0.1, 0.15) is 15.9 Å². The predicted molar refractivity (Wildman–Crippen MR) is 69.6 cm³/mol. The van der Waals surface area contributed by atoms with Crippen LogP contribution in [-0.2, 0) is 0 Å². The van der Waals surface area contributed by atoms with Crippen molar-refractivity contribution in [2.45, 2.75) is 0 Å². The summed E-state index contributed by atoms with van der Waals surface area (Å²) in [4.78, 5) is 12.3. The van der Waals surface area contributed by atoms with Crippen molar-refractivity contribution in [1.82, 2.24) is 0 Å². The molecule has 0 bridgehead atoms. The van der Waals surface area contributed by atoms with Crippen LogP contribution in [0.5, 0.6) is 5.75 Å². The highest BCUT2D eigenvalue weighted by Gasteiger charge is 2.28. The average molecular weight is 289 g/mol. The summed E-state index contributed by atoms with van der Waals surface area (Å²) in [7, 11) is 1.60. The fourth-order valence-electron chi connectivity index (χ4n) is 2.19. The van der Waals surface area contributed by atoms with Gasteiger partial charge in [-0.25, -0.2) is 0 Å². The Labute approximate surface area is 107 Å². The van der Waals surface area contributed by atoms with Gasteiger partial charge in [-0.1, -0.05) is 28.1 Å². The van der Waals surface area contributed by atoms with Gasteiger partial charge in [0.05, 0.1) is 7.11 Å². The number of rotatable bonds is 1. The van der Waals surface area contributed by atoms with E-state index in [1.54, 1.807) is 13.2 Å². The number of methoxy groups -OCH3 is 1. The minimum Gasteiger partial charge on any atom is -0.497 e. The van der Waals surface area contributed by atoms with E-state index in [1.807, 2.05) is 30.3 Å². The number of benzene rings is 2. The Morgan fingerprint density at radius 1 is 1.06 bits per heavy atom. The van der Waals surface area contributed by atoms with Crippen LogP contribution in [0.2, 0.25) is 0 Å². The van der Waals surface area contributed by atoms with E-state index in [0.29, 0.717) is 11.3 Å². The summed E-state index contributed by atoms with van der Waals surface area (Å²) in [5, 5.41) is 0. The molecule has 0 atom stereocenters. The molecule has 2 aromatic carbocycles. The van der Waals surface area contributed by atoms with Gasteiger partial charge >= 0.3 is 0 Å².